The van der Waals surface area contributed by atoms with Crippen LogP contribution in [0.3, 0.4) is 0 Å². The third-order valence-electron chi connectivity index (χ3n) is 7.67. The van der Waals surface area contributed by atoms with Crippen LogP contribution in [-0.4, -0.2) is 32.0 Å². The molecule has 1 aliphatic heterocycles. The number of hydrogen-bond donors (Lipinski definition) is 1. The molecule has 0 bridgehead atoms. The van der Waals surface area contributed by atoms with Gasteiger partial charge in [-0.3, -0.25) is 0 Å². The van der Waals surface area contributed by atoms with Gasteiger partial charge in [0.2, 0.25) is 0 Å². The minimum absolute atomic E-state index is 0.157. The Kier molecular flexibility index (Phi) is 7.37. The lowest BCUT2D eigenvalue weighted by molar-refractivity contribution is -0.171. The second-order valence-electron chi connectivity index (χ2n) is 12.6. The van der Waals surface area contributed by atoms with Crippen molar-refractivity contribution in [1.29, 1.82) is 0 Å². The average Bonchev–Trinajstić information content (AvgIpc) is 3.26. The third kappa shape index (κ3) is 6.09. The molecule has 2 aliphatic rings. The highest BCUT2D eigenvalue weighted by Gasteiger charge is 2.43. The first-order chi connectivity index (χ1) is 16.4. The summed E-state index contributed by atoms with van der Waals surface area (Å²) >= 11 is 0. The van der Waals surface area contributed by atoms with Gasteiger partial charge >= 0.3 is 0 Å². The van der Waals surface area contributed by atoms with E-state index in [9.17, 15) is 5.11 Å². The minimum atomic E-state index is -1.58. The molecule has 1 saturated carbocycles. The maximum absolute atomic E-state index is 11.1. The lowest BCUT2D eigenvalue weighted by Gasteiger charge is -2.40. The first-order valence-electron chi connectivity index (χ1n) is 13.1. The molecule has 1 aliphatic carbocycles. The molecular weight excluding hydrogens is 448 g/mol. The van der Waals surface area contributed by atoms with Crippen molar-refractivity contribution < 1.29 is 14.6 Å². The summed E-state index contributed by atoms with van der Waals surface area (Å²) < 4.78 is 12.3. The number of benzene rings is 2. The van der Waals surface area contributed by atoms with Crippen molar-refractivity contribution in [3.8, 4) is 11.8 Å². The molecule has 1 atom stereocenters. The first-order valence-corrected chi connectivity index (χ1v) is 16.7. The highest BCUT2D eigenvalue weighted by Crippen LogP contribution is 2.45. The summed E-state index contributed by atoms with van der Waals surface area (Å²) in [7, 11) is -1.58. The molecule has 35 heavy (non-hydrogen) atoms. The molecule has 0 amide bonds. The van der Waals surface area contributed by atoms with Gasteiger partial charge in [0.1, 0.15) is 5.60 Å². The second kappa shape index (κ2) is 9.86. The molecule has 2 aromatic rings. The predicted octanol–water partition coefficient (Wildman–Crippen LogP) is 6.98. The van der Waals surface area contributed by atoms with E-state index in [2.05, 4.69) is 88.7 Å². The Bertz CT molecular complexity index is 1040. The summed E-state index contributed by atoms with van der Waals surface area (Å²) in [5.74, 6) is 6.59. The van der Waals surface area contributed by atoms with Crippen molar-refractivity contribution >= 4 is 8.07 Å². The van der Waals surface area contributed by atoms with Crippen molar-refractivity contribution in [2.24, 2.45) is 0 Å². The monoisotopic (exact) mass is 490 g/mol. The summed E-state index contributed by atoms with van der Waals surface area (Å²) in [6, 6.07) is 19.2. The molecule has 2 fully saturated rings. The van der Waals surface area contributed by atoms with Crippen molar-refractivity contribution in [3.05, 3.63) is 71.3 Å². The van der Waals surface area contributed by atoms with Gasteiger partial charge in [-0.25, -0.2) is 0 Å². The van der Waals surface area contributed by atoms with Crippen molar-refractivity contribution in [3.63, 3.8) is 0 Å². The van der Waals surface area contributed by atoms with Gasteiger partial charge in [0.15, 0.2) is 5.79 Å². The van der Waals surface area contributed by atoms with Gasteiger partial charge in [0, 0.05) is 17.5 Å². The summed E-state index contributed by atoms with van der Waals surface area (Å²) in [5.41, 5.74) is 3.29. The van der Waals surface area contributed by atoms with E-state index in [1.807, 2.05) is 18.2 Å². The van der Waals surface area contributed by atoms with Gasteiger partial charge in [-0.1, -0.05) is 107 Å². The van der Waals surface area contributed by atoms with Gasteiger partial charge in [0.05, 0.1) is 21.3 Å². The molecule has 1 saturated heterocycles. The van der Waals surface area contributed by atoms with Crippen LogP contribution in [0.5, 0.6) is 0 Å². The fourth-order valence-electron chi connectivity index (χ4n) is 5.23. The number of aliphatic hydroxyl groups is 1. The molecule has 0 aromatic heterocycles. The Balaban J connectivity index is 1.42. The van der Waals surface area contributed by atoms with Crippen LogP contribution in [0.25, 0.3) is 0 Å². The van der Waals surface area contributed by atoms with Crippen molar-refractivity contribution in [2.45, 2.75) is 94.4 Å². The largest absolute Gasteiger partial charge is 0.378 e. The van der Waals surface area contributed by atoms with Crippen LogP contribution in [-0.2, 0) is 20.7 Å². The quantitative estimate of drug-likeness (QED) is 0.350. The zero-order valence-electron chi connectivity index (χ0n) is 22.4. The molecule has 0 spiro atoms. The number of ether oxygens (including phenoxy) is 2. The van der Waals surface area contributed by atoms with Crippen LogP contribution in [0, 0.1) is 11.8 Å². The minimum Gasteiger partial charge on any atom is -0.378 e. The summed E-state index contributed by atoms with van der Waals surface area (Å²) in [6.45, 7) is 15.0. The zero-order valence-corrected chi connectivity index (χ0v) is 23.4. The van der Waals surface area contributed by atoms with Gasteiger partial charge in [-0.15, -0.1) is 0 Å². The second-order valence-corrected chi connectivity index (χ2v) is 18.0. The predicted molar refractivity (Wildman–Crippen MR) is 146 cm³/mol. The smallest absolute Gasteiger partial charge is 0.195 e. The van der Waals surface area contributed by atoms with E-state index in [1.54, 1.807) is 0 Å². The van der Waals surface area contributed by atoms with Gasteiger partial charge in [-0.05, 0) is 41.7 Å². The van der Waals surface area contributed by atoms with Crippen LogP contribution < -0.4 is 0 Å². The fourth-order valence-corrected chi connectivity index (χ4v) is 6.74. The van der Waals surface area contributed by atoms with Gasteiger partial charge in [0.25, 0.3) is 0 Å². The maximum Gasteiger partial charge on any atom is 0.195 e. The fraction of sp³-hybridized carbons (Fsp3) is 0.548. The summed E-state index contributed by atoms with van der Waals surface area (Å²) in [6.07, 6.45) is 3.12. The first kappa shape index (κ1) is 26.2. The Morgan fingerprint density at radius 2 is 1.57 bits per heavy atom. The molecular formula is C31H42O3Si. The molecule has 4 heteroatoms. The summed E-state index contributed by atoms with van der Waals surface area (Å²) in [4.78, 5) is 0. The average molecular weight is 491 g/mol. The van der Waals surface area contributed by atoms with E-state index in [1.165, 1.54) is 11.1 Å². The topological polar surface area (TPSA) is 38.7 Å². The highest BCUT2D eigenvalue weighted by molar-refractivity contribution is 6.78. The lowest BCUT2D eigenvalue weighted by Crippen LogP contribution is -2.41. The van der Waals surface area contributed by atoms with E-state index in [0.717, 1.165) is 18.4 Å². The number of rotatable bonds is 6. The number of hydrogen-bond acceptors (Lipinski definition) is 3. The van der Waals surface area contributed by atoms with Crippen molar-refractivity contribution in [2.75, 3.05) is 13.2 Å². The SMILES string of the molecule is CC(C)(C)c1ccc(C2CC(O)(C#CC(CCC3(c4ccccc4)OCCO3)[Si](C)(C)C)C2)cc1. The van der Waals surface area contributed by atoms with Gasteiger partial charge < -0.3 is 14.6 Å². The Morgan fingerprint density at radius 1 is 0.971 bits per heavy atom. The lowest BCUT2D eigenvalue weighted by atomic mass is 9.68. The van der Waals surface area contributed by atoms with Crippen LogP contribution in [0.2, 0.25) is 25.2 Å². The molecule has 0 radical (unpaired) electrons. The Morgan fingerprint density at radius 3 is 2.11 bits per heavy atom. The Labute approximate surface area is 213 Å². The molecule has 2 aromatic carbocycles. The van der Waals surface area contributed by atoms with Crippen LogP contribution >= 0.6 is 0 Å². The normalized spacial score (nSPS) is 24.8. The maximum atomic E-state index is 11.1. The van der Waals surface area contributed by atoms with Crippen LogP contribution in [0.1, 0.15) is 69.1 Å². The molecule has 3 nitrogen and oxygen atoms in total. The zero-order chi connectivity index (χ0) is 25.3. The molecule has 188 valence electrons. The van der Waals surface area contributed by atoms with E-state index < -0.39 is 19.5 Å². The molecule has 1 unspecified atom stereocenters. The Hall–Kier alpha value is -1.90. The molecule has 1 heterocycles. The molecule has 1 N–H and O–H groups in total. The molecule has 4 rings (SSSR count). The van der Waals surface area contributed by atoms with E-state index in [-0.39, 0.29) is 11.0 Å². The van der Waals surface area contributed by atoms with E-state index in [4.69, 9.17) is 9.47 Å². The van der Waals surface area contributed by atoms with Crippen LogP contribution in [0.15, 0.2) is 54.6 Å². The highest BCUT2D eigenvalue weighted by atomic mass is 28.3. The van der Waals surface area contributed by atoms with Crippen molar-refractivity contribution in [1.82, 2.24) is 0 Å². The van der Waals surface area contributed by atoms with Gasteiger partial charge in [-0.2, -0.15) is 0 Å². The van der Waals surface area contributed by atoms with Crippen LogP contribution in [0.4, 0.5) is 0 Å². The summed E-state index contributed by atoms with van der Waals surface area (Å²) in [5, 5.41) is 11.1. The standard InChI is InChI=1S/C31H42O3Si/c1-29(2,3)26-14-12-24(13-15-26)25-22-30(32,23-25)18-16-28(35(4,5)6)17-19-31(33-20-21-34-31)27-10-8-7-9-11-27/h7-15,25,28,32H,17,19-23H2,1-6H3. The van der Waals surface area contributed by atoms with E-state index in [0.29, 0.717) is 32.0 Å². The van der Waals surface area contributed by atoms with E-state index >= 15 is 0 Å². The third-order valence-corrected chi connectivity index (χ3v) is 10.2.